The molecule has 1 aliphatic carbocycles. The molecule has 0 saturated heterocycles. The first-order chi connectivity index (χ1) is 11.0. The van der Waals surface area contributed by atoms with Crippen molar-refractivity contribution in [2.75, 3.05) is 26.7 Å². The molecule has 0 unspecified atom stereocenters. The summed E-state index contributed by atoms with van der Waals surface area (Å²) in [6.45, 7) is 1.28. The second-order valence-corrected chi connectivity index (χ2v) is 5.98. The van der Waals surface area contributed by atoms with Crippen LogP contribution in [0.25, 0.3) is 0 Å². The fourth-order valence-electron chi connectivity index (χ4n) is 2.64. The Morgan fingerprint density at radius 3 is 2.30 bits per heavy atom. The molecule has 0 aromatic carbocycles. The number of ether oxygens (including phenoxy) is 1. The molecule has 0 bridgehead atoms. The largest absolute Gasteiger partial charge is 0.390 e. The number of alkyl halides is 3. The third kappa shape index (κ3) is 11.2. The van der Waals surface area contributed by atoms with Gasteiger partial charge in [0.1, 0.15) is 0 Å². The van der Waals surface area contributed by atoms with Gasteiger partial charge < -0.3 is 15.4 Å². The van der Waals surface area contributed by atoms with E-state index in [2.05, 4.69) is 15.6 Å². The van der Waals surface area contributed by atoms with Crippen molar-refractivity contribution in [2.45, 2.75) is 70.1 Å². The molecular weight excluding hydrogens is 307 g/mol. The summed E-state index contributed by atoms with van der Waals surface area (Å²) in [7, 11) is 1.55. The van der Waals surface area contributed by atoms with Gasteiger partial charge in [0, 0.05) is 26.7 Å². The third-order valence-corrected chi connectivity index (χ3v) is 3.94. The summed E-state index contributed by atoms with van der Waals surface area (Å²) in [6.07, 6.45) is 4.82. The van der Waals surface area contributed by atoms with Crippen LogP contribution in [0, 0.1) is 0 Å². The van der Waals surface area contributed by atoms with Crippen LogP contribution in [0.1, 0.15) is 57.8 Å². The number of hydrogen-bond donors (Lipinski definition) is 2. The molecule has 0 radical (unpaired) electrons. The van der Waals surface area contributed by atoms with Crippen molar-refractivity contribution in [3.05, 3.63) is 0 Å². The Bertz CT molecular complexity index is 327. The molecule has 0 aliphatic heterocycles. The molecule has 0 atom stereocenters. The van der Waals surface area contributed by atoms with Crippen LogP contribution < -0.4 is 10.6 Å². The number of rotatable bonds is 8. The second-order valence-electron chi connectivity index (χ2n) is 5.98. The number of guanidine groups is 1. The Balaban J connectivity index is 1.99. The van der Waals surface area contributed by atoms with Crippen LogP contribution in [0.15, 0.2) is 4.99 Å². The minimum absolute atomic E-state index is 0.159. The van der Waals surface area contributed by atoms with Crippen LogP contribution in [0.4, 0.5) is 13.2 Å². The van der Waals surface area contributed by atoms with E-state index < -0.39 is 12.6 Å². The summed E-state index contributed by atoms with van der Waals surface area (Å²) >= 11 is 0. The summed E-state index contributed by atoms with van der Waals surface area (Å²) in [5, 5.41) is 5.68. The Morgan fingerprint density at radius 2 is 1.70 bits per heavy atom. The Kier molecular flexibility index (Phi) is 10.1. The topological polar surface area (TPSA) is 45.7 Å². The molecule has 136 valence electrons. The first-order valence-electron chi connectivity index (χ1n) is 8.64. The van der Waals surface area contributed by atoms with Gasteiger partial charge in [0.15, 0.2) is 5.96 Å². The molecule has 2 N–H and O–H groups in total. The van der Waals surface area contributed by atoms with Crippen LogP contribution >= 0.6 is 0 Å². The first-order valence-corrected chi connectivity index (χ1v) is 8.64. The Hall–Kier alpha value is -0.980. The average molecular weight is 337 g/mol. The maximum Gasteiger partial charge on any atom is 0.390 e. The van der Waals surface area contributed by atoms with Crippen LogP contribution in [0.5, 0.6) is 0 Å². The van der Waals surface area contributed by atoms with E-state index in [-0.39, 0.29) is 6.54 Å². The molecule has 1 aliphatic rings. The highest BCUT2D eigenvalue weighted by Gasteiger charge is 2.26. The van der Waals surface area contributed by atoms with Gasteiger partial charge in [-0.1, -0.05) is 25.7 Å². The van der Waals surface area contributed by atoms with Crippen molar-refractivity contribution in [1.29, 1.82) is 0 Å². The SMILES string of the molecule is CN=C(NCCCCOC1CCCCCC1)NCCC(F)(F)F. The van der Waals surface area contributed by atoms with Crippen LogP contribution in [0.3, 0.4) is 0 Å². The van der Waals surface area contributed by atoms with Gasteiger partial charge in [-0.25, -0.2) is 0 Å². The monoisotopic (exact) mass is 337 g/mol. The van der Waals surface area contributed by atoms with E-state index in [0.717, 1.165) is 19.4 Å². The third-order valence-electron chi connectivity index (χ3n) is 3.94. The zero-order valence-electron chi connectivity index (χ0n) is 14.1. The van der Waals surface area contributed by atoms with Gasteiger partial charge in [0.05, 0.1) is 12.5 Å². The molecule has 0 heterocycles. The van der Waals surface area contributed by atoms with Gasteiger partial charge in [-0.3, -0.25) is 4.99 Å². The molecule has 0 aromatic rings. The van der Waals surface area contributed by atoms with Gasteiger partial charge in [-0.15, -0.1) is 0 Å². The molecule has 0 spiro atoms. The summed E-state index contributed by atoms with van der Waals surface area (Å²) in [5.74, 6) is 0.416. The highest BCUT2D eigenvalue weighted by Crippen LogP contribution is 2.20. The maximum atomic E-state index is 12.1. The summed E-state index contributed by atoms with van der Waals surface area (Å²) in [4.78, 5) is 3.91. The average Bonchev–Trinajstić information content (AvgIpc) is 2.76. The molecule has 4 nitrogen and oxygen atoms in total. The fraction of sp³-hybridized carbons (Fsp3) is 0.938. The van der Waals surface area contributed by atoms with Gasteiger partial charge in [0.25, 0.3) is 0 Å². The zero-order valence-corrected chi connectivity index (χ0v) is 14.1. The molecule has 0 aromatic heterocycles. The van der Waals surface area contributed by atoms with Crippen molar-refractivity contribution in [2.24, 2.45) is 4.99 Å². The number of aliphatic imine (C=N–C) groups is 1. The minimum atomic E-state index is -4.14. The molecule has 1 fully saturated rings. The highest BCUT2D eigenvalue weighted by atomic mass is 19.4. The number of nitrogens with zero attached hydrogens (tertiary/aromatic N) is 1. The highest BCUT2D eigenvalue weighted by molar-refractivity contribution is 5.79. The van der Waals surface area contributed by atoms with Crippen LogP contribution in [-0.2, 0) is 4.74 Å². The molecule has 1 rings (SSSR count). The van der Waals surface area contributed by atoms with E-state index in [1.807, 2.05) is 0 Å². The normalized spacial score (nSPS) is 17.8. The lowest BCUT2D eigenvalue weighted by Crippen LogP contribution is -2.39. The molecule has 7 heteroatoms. The summed E-state index contributed by atoms with van der Waals surface area (Å²) in [5.41, 5.74) is 0. The van der Waals surface area contributed by atoms with E-state index in [0.29, 0.717) is 18.6 Å². The predicted octanol–water partition coefficient (Wildman–Crippen LogP) is 3.62. The number of unbranched alkanes of at least 4 members (excludes halogenated alkanes) is 1. The number of nitrogens with one attached hydrogen (secondary N) is 2. The second kappa shape index (κ2) is 11.5. The van der Waals surface area contributed by atoms with E-state index in [4.69, 9.17) is 4.74 Å². The first kappa shape index (κ1) is 20.1. The van der Waals surface area contributed by atoms with Gasteiger partial charge in [-0.2, -0.15) is 13.2 Å². The van der Waals surface area contributed by atoms with Gasteiger partial charge in [0.2, 0.25) is 0 Å². The summed E-state index contributed by atoms with van der Waals surface area (Å²) < 4.78 is 42.1. The van der Waals surface area contributed by atoms with Crippen LogP contribution in [0.2, 0.25) is 0 Å². The lowest BCUT2D eigenvalue weighted by Gasteiger charge is -2.15. The van der Waals surface area contributed by atoms with E-state index in [1.54, 1.807) is 7.05 Å². The van der Waals surface area contributed by atoms with Crippen molar-refractivity contribution >= 4 is 5.96 Å². The molecule has 1 saturated carbocycles. The molecule has 23 heavy (non-hydrogen) atoms. The Labute approximate surface area is 137 Å². The minimum Gasteiger partial charge on any atom is -0.378 e. The van der Waals surface area contributed by atoms with Crippen molar-refractivity contribution in [3.63, 3.8) is 0 Å². The van der Waals surface area contributed by atoms with Crippen LogP contribution in [-0.4, -0.2) is 45.0 Å². The van der Waals surface area contributed by atoms with Crippen molar-refractivity contribution in [1.82, 2.24) is 10.6 Å². The maximum absolute atomic E-state index is 12.1. The lowest BCUT2D eigenvalue weighted by atomic mass is 10.1. The quantitative estimate of drug-likeness (QED) is 0.308. The molecular formula is C16H30F3N3O. The standard InChI is InChI=1S/C16H30F3N3O/c1-20-15(22-12-10-16(17,18)19)21-11-6-7-13-23-14-8-4-2-3-5-9-14/h14H,2-13H2,1H3,(H2,20,21,22). The van der Waals surface area contributed by atoms with Gasteiger partial charge in [-0.05, 0) is 25.7 Å². The van der Waals surface area contributed by atoms with E-state index >= 15 is 0 Å². The fourth-order valence-corrected chi connectivity index (χ4v) is 2.64. The predicted molar refractivity (Wildman–Crippen MR) is 86.7 cm³/mol. The van der Waals surface area contributed by atoms with E-state index in [9.17, 15) is 13.2 Å². The Morgan fingerprint density at radius 1 is 1.04 bits per heavy atom. The zero-order chi connectivity index (χ0) is 17.0. The van der Waals surface area contributed by atoms with E-state index in [1.165, 1.54) is 38.5 Å². The number of halogens is 3. The summed E-state index contributed by atoms with van der Waals surface area (Å²) in [6, 6.07) is 0. The smallest absolute Gasteiger partial charge is 0.378 e. The van der Waals surface area contributed by atoms with Crippen molar-refractivity contribution in [3.8, 4) is 0 Å². The van der Waals surface area contributed by atoms with Crippen molar-refractivity contribution < 1.29 is 17.9 Å². The molecule has 0 amide bonds. The number of hydrogen-bond acceptors (Lipinski definition) is 2. The van der Waals surface area contributed by atoms with Gasteiger partial charge >= 0.3 is 6.18 Å². The lowest BCUT2D eigenvalue weighted by molar-refractivity contribution is -0.132.